The van der Waals surface area contributed by atoms with Gasteiger partial charge in [0, 0.05) is 17.3 Å². The Labute approximate surface area is 147 Å². The van der Waals surface area contributed by atoms with Crippen molar-refractivity contribution < 1.29 is 32.0 Å². The van der Waals surface area contributed by atoms with E-state index in [4.69, 9.17) is 4.55 Å². The molecule has 0 heterocycles. The summed E-state index contributed by atoms with van der Waals surface area (Å²) in [7, 11) is -4.73. The lowest BCUT2D eigenvalue weighted by Gasteiger charge is -2.13. The number of phenolic OH excluding ortho intramolecular Hbond substituents is 1. The molecule has 0 radical (unpaired) electrons. The number of aromatic hydroxyl groups is 1. The topological polar surface area (TPSA) is 168 Å². The number of benzene rings is 2. The Morgan fingerprint density at radius 1 is 1.19 bits per heavy atom. The third-order valence-corrected chi connectivity index (χ3v) is 3.56. The number of anilines is 2. The van der Waals surface area contributed by atoms with Crippen LogP contribution in [0.15, 0.2) is 36.4 Å². The van der Waals surface area contributed by atoms with E-state index in [1.165, 1.54) is 25.1 Å². The molecule has 0 bridgehead atoms. The van der Waals surface area contributed by atoms with Crippen LogP contribution in [0.1, 0.15) is 5.56 Å². The summed E-state index contributed by atoms with van der Waals surface area (Å²) < 4.78 is 34.7. The molecule has 0 fully saturated rings. The second-order valence-electron chi connectivity index (χ2n) is 4.98. The summed E-state index contributed by atoms with van der Waals surface area (Å²) in [5.41, 5.74) is -0.0336. The van der Waals surface area contributed by atoms with Gasteiger partial charge >= 0.3 is 16.4 Å². The Hall–Kier alpha value is -3.38. The number of hydrogen-bond acceptors (Lipinski definition) is 7. The van der Waals surface area contributed by atoms with Gasteiger partial charge in [0.25, 0.3) is 5.69 Å². The Morgan fingerprint density at radius 3 is 2.42 bits per heavy atom. The van der Waals surface area contributed by atoms with E-state index in [1.807, 2.05) is 0 Å². The van der Waals surface area contributed by atoms with Crippen LogP contribution in [0.5, 0.6) is 11.5 Å². The molecule has 0 unspecified atom stereocenters. The highest BCUT2D eigenvalue weighted by Crippen LogP contribution is 2.29. The third kappa shape index (κ3) is 4.81. The molecular formula is C14H13N3O8S. The van der Waals surface area contributed by atoms with Crippen molar-refractivity contribution >= 4 is 33.5 Å². The minimum Gasteiger partial charge on any atom is -0.506 e. The molecule has 0 aliphatic rings. The fourth-order valence-corrected chi connectivity index (χ4v) is 2.38. The first-order chi connectivity index (χ1) is 12.1. The van der Waals surface area contributed by atoms with E-state index >= 15 is 0 Å². The molecule has 0 atom stereocenters. The number of non-ortho nitro benzene ring substituents is 1. The molecule has 2 aromatic rings. The van der Waals surface area contributed by atoms with Gasteiger partial charge in [-0.1, -0.05) is 6.07 Å². The number of hydrogen-bond donors (Lipinski definition) is 4. The van der Waals surface area contributed by atoms with Gasteiger partial charge in [-0.05, 0) is 25.1 Å². The summed E-state index contributed by atoms with van der Waals surface area (Å²) in [5.74, 6) is -0.696. The predicted molar refractivity (Wildman–Crippen MR) is 90.8 cm³/mol. The zero-order valence-electron chi connectivity index (χ0n) is 13.2. The van der Waals surface area contributed by atoms with Gasteiger partial charge < -0.3 is 19.9 Å². The minimum atomic E-state index is -4.73. The predicted octanol–water partition coefficient (Wildman–Crippen LogP) is 2.43. The van der Waals surface area contributed by atoms with Crippen molar-refractivity contribution in [1.82, 2.24) is 0 Å². The number of nitrogens with one attached hydrogen (secondary N) is 2. The zero-order chi connectivity index (χ0) is 19.5. The second kappa shape index (κ2) is 7.25. The van der Waals surface area contributed by atoms with Gasteiger partial charge in [0.15, 0.2) is 0 Å². The quantitative estimate of drug-likeness (QED) is 0.264. The summed E-state index contributed by atoms with van der Waals surface area (Å²) in [5, 5.41) is 25.0. The van der Waals surface area contributed by atoms with Crippen LogP contribution in [0.4, 0.5) is 21.9 Å². The second-order valence-corrected chi connectivity index (χ2v) is 6.00. The summed E-state index contributed by atoms with van der Waals surface area (Å²) in [4.78, 5) is 21.9. The summed E-state index contributed by atoms with van der Waals surface area (Å²) >= 11 is 0. The van der Waals surface area contributed by atoms with Crippen molar-refractivity contribution in [3.8, 4) is 11.5 Å². The molecule has 12 heteroatoms. The number of phenols is 1. The Balaban J connectivity index is 2.16. The maximum Gasteiger partial charge on any atom is 0.446 e. The van der Waals surface area contributed by atoms with E-state index in [0.717, 1.165) is 18.2 Å². The number of carbonyl (C=O) groups excluding carboxylic acids is 1. The number of amides is 2. The zero-order valence-corrected chi connectivity index (χ0v) is 14.0. The summed E-state index contributed by atoms with van der Waals surface area (Å²) in [6.07, 6.45) is 0. The first-order valence-corrected chi connectivity index (χ1v) is 8.25. The van der Waals surface area contributed by atoms with Crippen LogP contribution in [0.2, 0.25) is 0 Å². The van der Waals surface area contributed by atoms with Gasteiger partial charge in [-0.3, -0.25) is 14.7 Å². The average Bonchev–Trinajstić information content (AvgIpc) is 2.51. The molecule has 0 aliphatic carbocycles. The highest BCUT2D eigenvalue weighted by molar-refractivity contribution is 7.81. The van der Waals surface area contributed by atoms with E-state index in [-0.39, 0.29) is 28.4 Å². The van der Waals surface area contributed by atoms with Crippen molar-refractivity contribution in [3.63, 3.8) is 0 Å². The third-order valence-electron chi connectivity index (χ3n) is 3.17. The highest BCUT2D eigenvalue weighted by atomic mass is 32.3. The van der Waals surface area contributed by atoms with Crippen LogP contribution in [-0.4, -0.2) is 29.0 Å². The van der Waals surface area contributed by atoms with Gasteiger partial charge in [0.1, 0.15) is 11.5 Å². The van der Waals surface area contributed by atoms with Crippen molar-refractivity contribution in [2.75, 3.05) is 10.6 Å². The average molecular weight is 383 g/mol. The molecule has 0 saturated heterocycles. The monoisotopic (exact) mass is 383 g/mol. The van der Waals surface area contributed by atoms with E-state index in [1.54, 1.807) is 0 Å². The maximum absolute atomic E-state index is 12.0. The molecule has 11 nitrogen and oxygen atoms in total. The van der Waals surface area contributed by atoms with Crippen LogP contribution in [-0.2, 0) is 10.4 Å². The number of rotatable bonds is 5. The highest BCUT2D eigenvalue weighted by Gasteiger charge is 2.15. The first kappa shape index (κ1) is 19.0. The SMILES string of the molecule is Cc1c(NC(=O)Nc2ccc([N+](=O)[O-])cc2O)cccc1OS(=O)(=O)O. The van der Waals surface area contributed by atoms with Crippen LogP contribution < -0.4 is 14.8 Å². The Bertz CT molecular complexity index is 974. The molecule has 4 N–H and O–H groups in total. The fraction of sp³-hybridized carbons (Fsp3) is 0.0714. The number of nitrogens with zero attached hydrogens (tertiary/aromatic N) is 1. The molecule has 0 spiro atoms. The molecule has 138 valence electrons. The molecule has 0 aromatic heterocycles. The number of carbonyl (C=O) groups is 1. The Morgan fingerprint density at radius 2 is 1.85 bits per heavy atom. The number of nitro groups is 1. The van der Waals surface area contributed by atoms with Crippen molar-refractivity contribution in [1.29, 1.82) is 0 Å². The molecule has 0 saturated carbocycles. The largest absolute Gasteiger partial charge is 0.506 e. The first-order valence-electron chi connectivity index (χ1n) is 6.89. The molecule has 2 aromatic carbocycles. The van der Waals surface area contributed by atoms with Crippen molar-refractivity contribution in [3.05, 3.63) is 52.1 Å². The molecule has 26 heavy (non-hydrogen) atoms. The van der Waals surface area contributed by atoms with Crippen LogP contribution >= 0.6 is 0 Å². The van der Waals surface area contributed by atoms with Crippen molar-refractivity contribution in [2.45, 2.75) is 6.92 Å². The minimum absolute atomic E-state index is 0.0731. The normalized spacial score (nSPS) is 10.8. The van der Waals surface area contributed by atoms with Crippen molar-refractivity contribution in [2.24, 2.45) is 0 Å². The number of nitro benzene ring substituents is 1. The van der Waals surface area contributed by atoms with Crippen LogP contribution in [0.25, 0.3) is 0 Å². The van der Waals surface area contributed by atoms with Gasteiger partial charge in [0.05, 0.1) is 16.7 Å². The molecule has 0 aliphatic heterocycles. The fourth-order valence-electron chi connectivity index (χ4n) is 1.97. The van der Waals surface area contributed by atoms with Crippen LogP contribution in [0, 0.1) is 17.0 Å². The van der Waals surface area contributed by atoms with Gasteiger partial charge in [-0.2, -0.15) is 8.42 Å². The smallest absolute Gasteiger partial charge is 0.446 e. The lowest BCUT2D eigenvalue weighted by molar-refractivity contribution is -0.384. The lowest BCUT2D eigenvalue weighted by atomic mass is 10.2. The maximum atomic E-state index is 12.0. The molecule has 2 rings (SSSR count). The van der Waals surface area contributed by atoms with Gasteiger partial charge in [-0.25, -0.2) is 4.79 Å². The molecule has 2 amide bonds. The standard InChI is InChI=1S/C14H13N3O8S/c1-8-10(3-2-4-13(8)25-26(22,23)24)15-14(19)16-11-6-5-9(17(20)21)7-12(11)18/h2-7,18H,1H3,(H2,15,16,19)(H,22,23,24). The van der Waals surface area contributed by atoms with Gasteiger partial charge in [-0.15, -0.1) is 0 Å². The number of urea groups is 1. The molecular weight excluding hydrogens is 370 g/mol. The van der Waals surface area contributed by atoms with E-state index in [9.17, 15) is 28.4 Å². The summed E-state index contributed by atoms with van der Waals surface area (Å²) in [6, 6.07) is 6.42. The summed E-state index contributed by atoms with van der Waals surface area (Å²) in [6.45, 7) is 1.44. The van der Waals surface area contributed by atoms with E-state index < -0.39 is 27.1 Å². The Kier molecular flexibility index (Phi) is 5.28. The van der Waals surface area contributed by atoms with Crippen LogP contribution in [0.3, 0.4) is 0 Å². The van der Waals surface area contributed by atoms with E-state index in [0.29, 0.717) is 0 Å². The van der Waals surface area contributed by atoms with Gasteiger partial charge in [0.2, 0.25) is 0 Å². The van der Waals surface area contributed by atoms with E-state index in [2.05, 4.69) is 14.8 Å². The lowest BCUT2D eigenvalue weighted by Crippen LogP contribution is -2.20.